The summed E-state index contributed by atoms with van der Waals surface area (Å²) in [5.74, 6) is 0. The van der Waals surface area contributed by atoms with Crippen molar-refractivity contribution in [2.75, 3.05) is 33.2 Å². The fourth-order valence-electron chi connectivity index (χ4n) is 1.01. The second kappa shape index (κ2) is 17.0. The van der Waals surface area contributed by atoms with E-state index in [1.165, 1.54) is 0 Å². The third kappa shape index (κ3) is 34.0. The van der Waals surface area contributed by atoms with E-state index in [1.54, 1.807) is 41.5 Å². The van der Waals surface area contributed by atoms with Crippen molar-refractivity contribution < 1.29 is 23.8 Å². The van der Waals surface area contributed by atoms with Crippen molar-refractivity contribution in [3.8, 4) is 0 Å². The number of hydrogen-bond acceptors (Lipinski definition) is 9. The van der Waals surface area contributed by atoms with E-state index < -0.39 is 23.5 Å². The number of carbonyl (C=O) groups excluding carboxylic acids is 2. The average molecular weight is 381 g/mol. The van der Waals surface area contributed by atoms with Crippen LogP contribution in [0.3, 0.4) is 0 Å². The molecule has 0 rings (SSSR count). The number of hydrogen-bond donors (Lipinski definition) is 4. The lowest BCUT2D eigenvalue weighted by Gasteiger charge is -2.20. The Morgan fingerprint density at radius 3 is 1.27 bits per heavy atom. The summed E-state index contributed by atoms with van der Waals surface area (Å²) in [5.41, 5.74) is 13.9. The first kappa shape index (κ1) is 29.3. The van der Waals surface area contributed by atoms with Crippen molar-refractivity contribution in [2.24, 2.45) is 17.2 Å². The van der Waals surface area contributed by atoms with E-state index in [1.807, 2.05) is 7.05 Å². The molecule has 158 valence electrons. The standard InChI is InChI=1S/C10H18O5.C4H12N2.C3H10N2/c1-9(2,3)14-7(11)13-8(12)15-10(4,5)6;1-6-4-2-3-5;4-2-1-3-5/h1-6H3;6H,2-5H2,1H3;1-5H2. The van der Waals surface area contributed by atoms with Gasteiger partial charge in [-0.1, -0.05) is 0 Å². The van der Waals surface area contributed by atoms with E-state index in [4.69, 9.17) is 26.7 Å². The minimum absolute atomic E-state index is 0.695. The molecule has 0 saturated carbocycles. The van der Waals surface area contributed by atoms with Crippen molar-refractivity contribution in [3.05, 3.63) is 0 Å². The Kier molecular flexibility index (Phi) is 19.2. The minimum Gasteiger partial charge on any atom is -0.428 e. The maximum Gasteiger partial charge on any atom is 0.519 e. The van der Waals surface area contributed by atoms with Crippen LogP contribution in [0.25, 0.3) is 0 Å². The van der Waals surface area contributed by atoms with Crippen LogP contribution in [0.4, 0.5) is 9.59 Å². The second-order valence-electron chi connectivity index (χ2n) is 7.21. The molecule has 0 aliphatic heterocycles. The lowest BCUT2D eigenvalue weighted by atomic mass is 10.2. The maximum absolute atomic E-state index is 11.0. The predicted octanol–water partition coefficient (Wildman–Crippen LogP) is 1.72. The van der Waals surface area contributed by atoms with Gasteiger partial charge >= 0.3 is 12.3 Å². The van der Waals surface area contributed by atoms with Crippen LogP contribution in [0.1, 0.15) is 54.4 Å². The predicted molar refractivity (Wildman–Crippen MR) is 104 cm³/mol. The molecule has 0 atom stereocenters. The first-order valence-corrected chi connectivity index (χ1v) is 8.71. The summed E-state index contributed by atoms with van der Waals surface area (Å²) in [5, 5.41) is 2.99. The molecular weight excluding hydrogens is 340 g/mol. The van der Waals surface area contributed by atoms with Crippen molar-refractivity contribution >= 4 is 12.3 Å². The molecule has 7 N–H and O–H groups in total. The van der Waals surface area contributed by atoms with Gasteiger partial charge in [-0.15, -0.1) is 0 Å². The van der Waals surface area contributed by atoms with Crippen molar-refractivity contribution in [1.82, 2.24) is 5.32 Å². The van der Waals surface area contributed by atoms with Gasteiger partial charge in [0, 0.05) is 0 Å². The molecule has 0 spiro atoms. The molecule has 0 aromatic rings. The third-order valence-electron chi connectivity index (χ3n) is 1.98. The Labute approximate surface area is 158 Å². The quantitative estimate of drug-likeness (QED) is 0.317. The molecule has 9 nitrogen and oxygen atoms in total. The van der Waals surface area contributed by atoms with E-state index in [2.05, 4.69) is 10.1 Å². The second-order valence-corrected chi connectivity index (χ2v) is 7.21. The summed E-state index contributed by atoms with van der Waals surface area (Å²) in [4.78, 5) is 22.0. The molecule has 0 aliphatic rings. The Morgan fingerprint density at radius 1 is 0.769 bits per heavy atom. The Morgan fingerprint density at radius 2 is 1.12 bits per heavy atom. The smallest absolute Gasteiger partial charge is 0.428 e. The van der Waals surface area contributed by atoms with Crippen LogP contribution in [-0.4, -0.2) is 56.7 Å². The van der Waals surface area contributed by atoms with E-state index in [-0.39, 0.29) is 0 Å². The molecule has 0 aromatic carbocycles. The van der Waals surface area contributed by atoms with Gasteiger partial charge in [0.05, 0.1) is 0 Å². The fourth-order valence-corrected chi connectivity index (χ4v) is 1.01. The summed E-state index contributed by atoms with van der Waals surface area (Å²) < 4.78 is 13.8. The molecule has 0 amide bonds. The Balaban J connectivity index is -0.000000394. The zero-order chi connectivity index (χ0) is 21.2. The van der Waals surface area contributed by atoms with Crippen LogP contribution in [0.2, 0.25) is 0 Å². The highest BCUT2D eigenvalue weighted by molar-refractivity contribution is 5.77. The van der Waals surface area contributed by atoms with Gasteiger partial charge in [0.1, 0.15) is 11.2 Å². The highest BCUT2D eigenvalue weighted by atomic mass is 16.8. The lowest BCUT2D eigenvalue weighted by molar-refractivity contribution is -0.0293. The molecule has 9 heteroatoms. The first-order chi connectivity index (χ1) is 11.8. The molecule has 0 heterocycles. The maximum atomic E-state index is 11.0. The summed E-state index contributed by atoms with van der Waals surface area (Å²) >= 11 is 0. The van der Waals surface area contributed by atoms with Crippen LogP contribution < -0.4 is 22.5 Å². The van der Waals surface area contributed by atoms with E-state index in [0.29, 0.717) is 0 Å². The van der Waals surface area contributed by atoms with Crippen LogP contribution in [0, 0.1) is 0 Å². The molecule has 0 bridgehead atoms. The van der Waals surface area contributed by atoms with Crippen LogP contribution in [-0.2, 0) is 14.2 Å². The van der Waals surface area contributed by atoms with E-state index in [0.717, 1.165) is 39.0 Å². The van der Waals surface area contributed by atoms with Gasteiger partial charge < -0.3 is 36.7 Å². The van der Waals surface area contributed by atoms with Crippen molar-refractivity contribution in [1.29, 1.82) is 0 Å². The summed E-state index contributed by atoms with van der Waals surface area (Å²) in [6, 6.07) is 0. The number of nitrogens with two attached hydrogens (primary N) is 3. The molecule has 0 fully saturated rings. The number of rotatable bonds is 5. The Hall–Kier alpha value is -1.42. The molecule has 0 aromatic heterocycles. The number of nitrogens with one attached hydrogen (secondary N) is 1. The SMILES string of the molecule is CC(C)(C)OC(=O)OC(=O)OC(C)(C)C.CNCCCN.NCCCN. The molecule has 0 radical (unpaired) electrons. The largest absolute Gasteiger partial charge is 0.519 e. The summed E-state index contributed by atoms with van der Waals surface area (Å²) in [7, 11) is 1.93. The van der Waals surface area contributed by atoms with Gasteiger partial charge in [0.2, 0.25) is 0 Å². The topological polar surface area (TPSA) is 152 Å². The van der Waals surface area contributed by atoms with Gasteiger partial charge in [-0.2, -0.15) is 0 Å². The normalized spacial score (nSPS) is 10.5. The monoisotopic (exact) mass is 380 g/mol. The first-order valence-electron chi connectivity index (χ1n) is 8.71. The van der Waals surface area contributed by atoms with Gasteiger partial charge in [-0.25, -0.2) is 9.59 Å². The van der Waals surface area contributed by atoms with Crippen molar-refractivity contribution in [3.63, 3.8) is 0 Å². The average Bonchev–Trinajstić information content (AvgIpc) is 2.43. The number of ether oxygens (including phenoxy) is 3. The third-order valence-corrected chi connectivity index (χ3v) is 1.98. The van der Waals surface area contributed by atoms with Crippen LogP contribution in [0.15, 0.2) is 0 Å². The van der Waals surface area contributed by atoms with E-state index in [9.17, 15) is 9.59 Å². The zero-order valence-electron chi connectivity index (χ0n) is 17.5. The van der Waals surface area contributed by atoms with E-state index >= 15 is 0 Å². The highest BCUT2D eigenvalue weighted by Gasteiger charge is 2.24. The molecule has 0 saturated heterocycles. The van der Waals surface area contributed by atoms with Gasteiger partial charge in [-0.05, 0) is 87.6 Å². The lowest BCUT2D eigenvalue weighted by Crippen LogP contribution is -2.29. The van der Waals surface area contributed by atoms with Gasteiger partial charge in [-0.3, -0.25) is 0 Å². The zero-order valence-corrected chi connectivity index (χ0v) is 17.5. The molecule has 0 aliphatic carbocycles. The summed E-state index contributed by atoms with van der Waals surface area (Å²) in [6.45, 7) is 13.3. The molecule has 0 unspecified atom stereocenters. The molecule has 26 heavy (non-hydrogen) atoms. The Bertz CT molecular complexity index is 320. The summed E-state index contributed by atoms with van der Waals surface area (Å²) in [6.07, 6.45) is -0.0928. The fraction of sp³-hybridized carbons (Fsp3) is 0.882. The van der Waals surface area contributed by atoms with Crippen molar-refractivity contribution in [2.45, 2.75) is 65.6 Å². The minimum atomic E-state index is -1.06. The van der Waals surface area contributed by atoms with Gasteiger partial charge in [0.15, 0.2) is 0 Å². The molecular formula is C17H40N4O5. The van der Waals surface area contributed by atoms with Crippen LogP contribution in [0.5, 0.6) is 0 Å². The number of carbonyl (C=O) groups is 2. The van der Waals surface area contributed by atoms with Crippen LogP contribution >= 0.6 is 0 Å². The van der Waals surface area contributed by atoms with Gasteiger partial charge in [0.25, 0.3) is 0 Å². The highest BCUT2D eigenvalue weighted by Crippen LogP contribution is 2.11.